The predicted molar refractivity (Wildman–Crippen MR) is 117 cm³/mol. The zero-order chi connectivity index (χ0) is 23.5. The third-order valence-electron chi connectivity index (χ3n) is 4.77. The van der Waals surface area contributed by atoms with Gasteiger partial charge in [0.1, 0.15) is 11.4 Å². The van der Waals surface area contributed by atoms with Gasteiger partial charge in [-0.15, -0.1) is 0 Å². The molecule has 0 radical (unpaired) electrons. The number of sulfonamides is 1. The van der Waals surface area contributed by atoms with Crippen LogP contribution < -0.4 is 9.04 Å². The van der Waals surface area contributed by atoms with Crippen LogP contribution in [0.1, 0.15) is 22.3 Å². The zero-order valence-corrected chi connectivity index (χ0v) is 18.4. The topological polar surface area (TPSA) is 46.6 Å². The largest absolute Gasteiger partial charge is 0.495 e. The first-order valence-electron chi connectivity index (χ1n) is 9.46. The van der Waals surface area contributed by atoms with Crippen molar-refractivity contribution in [3.8, 4) is 17.6 Å². The number of aryl methyl sites for hydroxylation is 1. The normalized spacial score (nSPS) is 11.4. The molecule has 8 heteroatoms. The van der Waals surface area contributed by atoms with Gasteiger partial charge in [0.2, 0.25) is 0 Å². The summed E-state index contributed by atoms with van der Waals surface area (Å²) in [5, 5.41) is 0. The molecule has 0 saturated heterocycles. The number of hydrogen-bond donors (Lipinski definition) is 0. The molecule has 3 aromatic carbocycles. The molecule has 0 saturated carbocycles. The van der Waals surface area contributed by atoms with Crippen molar-refractivity contribution >= 4 is 15.7 Å². The van der Waals surface area contributed by atoms with E-state index >= 15 is 0 Å². The number of rotatable bonds is 4. The average molecular weight is 459 g/mol. The first-order valence-corrected chi connectivity index (χ1v) is 10.9. The Balaban J connectivity index is 2.04. The predicted octanol–water partition coefficient (Wildman–Crippen LogP) is 5.25. The van der Waals surface area contributed by atoms with Crippen LogP contribution in [0.25, 0.3) is 0 Å². The van der Waals surface area contributed by atoms with Gasteiger partial charge in [0.25, 0.3) is 10.0 Å². The van der Waals surface area contributed by atoms with E-state index in [1.165, 1.54) is 38.4 Å². The van der Waals surface area contributed by atoms with Gasteiger partial charge in [0.05, 0.1) is 23.1 Å². The molecule has 0 aromatic heterocycles. The maximum Gasteiger partial charge on any atom is 0.416 e. The van der Waals surface area contributed by atoms with E-state index in [9.17, 15) is 21.6 Å². The van der Waals surface area contributed by atoms with Gasteiger partial charge in [-0.25, -0.2) is 8.42 Å². The number of methoxy groups -OCH3 is 1. The Bertz CT molecular complexity index is 1270. The van der Waals surface area contributed by atoms with Crippen LogP contribution in [-0.2, 0) is 16.2 Å². The van der Waals surface area contributed by atoms with Gasteiger partial charge in [0, 0.05) is 12.6 Å². The monoisotopic (exact) mass is 459 g/mol. The van der Waals surface area contributed by atoms with Gasteiger partial charge in [0.15, 0.2) is 0 Å². The molecule has 0 bridgehead atoms. The van der Waals surface area contributed by atoms with E-state index in [2.05, 4.69) is 11.8 Å². The van der Waals surface area contributed by atoms with Gasteiger partial charge >= 0.3 is 6.18 Å². The fraction of sp³-hybridized carbons (Fsp3) is 0.167. The molecule has 166 valence electrons. The summed E-state index contributed by atoms with van der Waals surface area (Å²) in [4.78, 5) is 0.109. The third-order valence-corrected chi connectivity index (χ3v) is 6.54. The van der Waals surface area contributed by atoms with Gasteiger partial charge in [-0.3, -0.25) is 4.31 Å². The van der Waals surface area contributed by atoms with Crippen LogP contribution in [0.3, 0.4) is 0 Å². The Kier molecular flexibility index (Phi) is 6.51. The highest BCUT2D eigenvalue weighted by Gasteiger charge is 2.30. The molecule has 0 aliphatic carbocycles. The van der Waals surface area contributed by atoms with Crippen molar-refractivity contribution < 1.29 is 26.3 Å². The van der Waals surface area contributed by atoms with E-state index in [1.807, 2.05) is 6.92 Å². The van der Waals surface area contributed by atoms with Crippen molar-refractivity contribution in [2.24, 2.45) is 0 Å². The molecule has 32 heavy (non-hydrogen) atoms. The van der Waals surface area contributed by atoms with Crippen LogP contribution >= 0.6 is 0 Å². The zero-order valence-electron chi connectivity index (χ0n) is 17.6. The lowest BCUT2D eigenvalue weighted by Crippen LogP contribution is -2.27. The summed E-state index contributed by atoms with van der Waals surface area (Å²) in [7, 11) is -1.09. The first kappa shape index (κ1) is 23.2. The van der Waals surface area contributed by atoms with E-state index in [1.54, 1.807) is 30.3 Å². The molecule has 3 rings (SSSR count). The van der Waals surface area contributed by atoms with Crippen LogP contribution in [0.15, 0.2) is 71.6 Å². The van der Waals surface area contributed by atoms with Crippen LogP contribution in [-0.4, -0.2) is 22.6 Å². The van der Waals surface area contributed by atoms with Crippen molar-refractivity contribution in [1.82, 2.24) is 0 Å². The maximum atomic E-state index is 13.2. The Labute approximate surface area is 185 Å². The van der Waals surface area contributed by atoms with Crippen molar-refractivity contribution in [3.05, 3.63) is 89.0 Å². The fourth-order valence-corrected chi connectivity index (χ4v) is 4.21. The Hall–Kier alpha value is -3.44. The molecule has 0 unspecified atom stereocenters. The number of halogens is 3. The van der Waals surface area contributed by atoms with Crippen LogP contribution in [0.4, 0.5) is 18.9 Å². The van der Waals surface area contributed by atoms with Crippen molar-refractivity contribution in [2.75, 3.05) is 18.5 Å². The lowest BCUT2D eigenvalue weighted by molar-refractivity contribution is -0.137. The summed E-state index contributed by atoms with van der Waals surface area (Å²) in [5.41, 5.74) is 1.09. The second kappa shape index (κ2) is 8.97. The quantitative estimate of drug-likeness (QED) is 0.501. The Morgan fingerprint density at radius 1 is 0.906 bits per heavy atom. The highest BCUT2D eigenvalue weighted by Crippen LogP contribution is 2.34. The summed E-state index contributed by atoms with van der Waals surface area (Å²) in [5.74, 6) is 5.94. The smallest absolute Gasteiger partial charge is 0.416 e. The van der Waals surface area contributed by atoms with Crippen LogP contribution in [0.5, 0.6) is 5.75 Å². The van der Waals surface area contributed by atoms with Crippen molar-refractivity contribution in [2.45, 2.75) is 18.0 Å². The van der Waals surface area contributed by atoms with Crippen molar-refractivity contribution in [1.29, 1.82) is 0 Å². The molecule has 0 atom stereocenters. The van der Waals surface area contributed by atoms with Crippen LogP contribution in [0.2, 0.25) is 0 Å². The highest BCUT2D eigenvalue weighted by molar-refractivity contribution is 7.92. The highest BCUT2D eigenvalue weighted by atomic mass is 32.2. The van der Waals surface area contributed by atoms with Crippen LogP contribution in [0, 0.1) is 18.8 Å². The molecule has 4 nitrogen and oxygen atoms in total. The number of nitrogens with zero attached hydrogens (tertiary/aromatic N) is 1. The van der Waals surface area contributed by atoms with E-state index in [0.717, 1.165) is 22.0 Å². The molecule has 0 N–H and O–H groups in total. The van der Waals surface area contributed by atoms with Gasteiger partial charge in [-0.1, -0.05) is 35.6 Å². The number of para-hydroxylation sites is 1. The number of alkyl halides is 3. The molecule has 0 heterocycles. The molecule has 0 aliphatic heterocycles. The molecular weight excluding hydrogens is 439 g/mol. The lowest BCUT2D eigenvalue weighted by Gasteiger charge is -2.23. The molecular formula is C24H20F3NO3S. The Morgan fingerprint density at radius 2 is 1.53 bits per heavy atom. The second-order valence-corrected chi connectivity index (χ2v) is 8.94. The summed E-state index contributed by atoms with van der Waals surface area (Å²) in [6, 6.07) is 15.8. The number of ether oxygens (including phenoxy) is 1. The molecule has 0 aliphatic rings. The maximum absolute atomic E-state index is 13.2. The van der Waals surface area contributed by atoms with E-state index in [-0.39, 0.29) is 10.6 Å². The lowest BCUT2D eigenvalue weighted by atomic mass is 10.1. The van der Waals surface area contributed by atoms with Gasteiger partial charge in [-0.2, -0.15) is 13.2 Å². The van der Waals surface area contributed by atoms with Gasteiger partial charge in [-0.05, 0) is 55.5 Å². The Morgan fingerprint density at radius 3 is 2.09 bits per heavy atom. The first-order chi connectivity index (χ1) is 15.0. The number of anilines is 1. The standard InChI is InChI=1S/C24H20F3NO3S/c1-17-7-15-21(16-8-17)32(29,30)28(2)23-19(5-4-6-22(23)31-3)12-9-18-10-13-20(14-11-18)24(25,26)27/h4-8,10-11,13-16H,1-3H3. The minimum atomic E-state index is -4.43. The SMILES string of the molecule is COc1cccc(C#Cc2ccc(C(F)(F)F)cc2)c1N(C)S(=O)(=O)c1ccc(C)cc1. The fourth-order valence-electron chi connectivity index (χ4n) is 2.98. The number of hydrogen-bond acceptors (Lipinski definition) is 3. The van der Waals surface area contributed by atoms with E-state index < -0.39 is 21.8 Å². The molecule has 3 aromatic rings. The van der Waals surface area contributed by atoms with Crippen molar-refractivity contribution in [3.63, 3.8) is 0 Å². The summed E-state index contributed by atoms with van der Waals surface area (Å²) in [6.45, 7) is 1.86. The summed E-state index contributed by atoms with van der Waals surface area (Å²) in [6.07, 6.45) is -4.43. The molecule has 0 amide bonds. The third kappa shape index (κ3) is 4.89. The molecule has 0 spiro atoms. The van der Waals surface area contributed by atoms with Gasteiger partial charge < -0.3 is 4.74 Å². The average Bonchev–Trinajstić information content (AvgIpc) is 2.76. The summed E-state index contributed by atoms with van der Waals surface area (Å²) >= 11 is 0. The minimum absolute atomic E-state index is 0.109. The minimum Gasteiger partial charge on any atom is -0.495 e. The molecule has 0 fully saturated rings. The van der Waals surface area contributed by atoms with E-state index in [0.29, 0.717) is 16.9 Å². The van der Waals surface area contributed by atoms with E-state index in [4.69, 9.17) is 4.74 Å². The summed E-state index contributed by atoms with van der Waals surface area (Å²) < 4.78 is 71.1. The number of benzene rings is 3. The second-order valence-electron chi connectivity index (χ2n) is 6.97.